The summed E-state index contributed by atoms with van der Waals surface area (Å²) in [6, 6.07) is 13.5. The van der Waals surface area contributed by atoms with E-state index in [0.717, 1.165) is 10.8 Å². The minimum Gasteiger partial charge on any atom is -0.495 e. The Morgan fingerprint density at radius 3 is 2.25 bits per heavy atom. The molecule has 3 aromatic rings. The van der Waals surface area contributed by atoms with E-state index in [1.165, 1.54) is 26.4 Å². The molecule has 1 aliphatic heterocycles. The Kier molecular flexibility index (Phi) is 7.84. The number of hydrogen-bond acceptors (Lipinski definition) is 9. The fourth-order valence-corrected chi connectivity index (χ4v) is 4.16. The predicted octanol–water partition coefficient (Wildman–Crippen LogP) is 1.94. The maximum Gasteiger partial charge on any atom is 0.259 e. The van der Waals surface area contributed by atoms with Crippen molar-refractivity contribution in [3.05, 3.63) is 59.1 Å². The van der Waals surface area contributed by atoms with Crippen LogP contribution >= 0.6 is 11.6 Å². The lowest BCUT2D eigenvalue weighted by Crippen LogP contribution is -2.60. The second-order valence-corrected chi connectivity index (χ2v) is 8.56. The summed E-state index contributed by atoms with van der Waals surface area (Å²) in [6.07, 6.45) is -7.47. The molecule has 1 fully saturated rings. The lowest BCUT2D eigenvalue weighted by atomic mass is 9.99. The number of hydrogen-bond donors (Lipinski definition) is 5. The highest BCUT2D eigenvalue weighted by Crippen LogP contribution is 2.37. The SMILES string of the molecule is COc1cc(NC(=O)c2cc3ccccc3cc2O[C@@H]2O[C@H](CO)[C@H](O)[C@H](O)[C@H]2O)c(OC)cc1Cl. The van der Waals surface area contributed by atoms with Gasteiger partial charge in [-0.15, -0.1) is 0 Å². The molecule has 1 amide bonds. The molecule has 0 unspecified atom stereocenters. The van der Waals surface area contributed by atoms with Gasteiger partial charge in [-0.05, 0) is 22.9 Å². The van der Waals surface area contributed by atoms with Crippen LogP contribution < -0.4 is 19.5 Å². The second kappa shape index (κ2) is 10.9. The fourth-order valence-electron chi connectivity index (χ4n) is 3.93. The van der Waals surface area contributed by atoms with E-state index in [1.54, 1.807) is 12.1 Å². The number of carbonyl (C=O) groups excluding carboxylic acids is 1. The number of carbonyl (C=O) groups is 1. The Morgan fingerprint density at radius 1 is 0.944 bits per heavy atom. The summed E-state index contributed by atoms with van der Waals surface area (Å²) in [5, 5.41) is 44.6. The van der Waals surface area contributed by atoms with Crippen LogP contribution in [-0.2, 0) is 4.74 Å². The number of anilines is 1. The van der Waals surface area contributed by atoms with E-state index in [0.29, 0.717) is 16.5 Å². The van der Waals surface area contributed by atoms with Crippen LogP contribution in [0, 0.1) is 0 Å². The largest absolute Gasteiger partial charge is 0.495 e. The summed E-state index contributed by atoms with van der Waals surface area (Å²) < 4.78 is 21.9. The van der Waals surface area contributed by atoms with Crippen LogP contribution in [0.25, 0.3) is 10.8 Å². The first-order valence-electron chi connectivity index (χ1n) is 11.0. The van der Waals surface area contributed by atoms with E-state index in [1.807, 2.05) is 24.3 Å². The van der Waals surface area contributed by atoms with Crippen LogP contribution in [0.4, 0.5) is 5.69 Å². The van der Waals surface area contributed by atoms with Crippen molar-refractivity contribution in [3.8, 4) is 17.2 Å². The smallest absolute Gasteiger partial charge is 0.259 e. The Bertz CT molecular complexity index is 1250. The van der Waals surface area contributed by atoms with Crippen LogP contribution in [0.3, 0.4) is 0 Å². The summed E-state index contributed by atoms with van der Waals surface area (Å²) in [4.78, 5) is 13.4. The van der Waals surface area contributed by atoms with Crippen LogP contribution in [0.2, 0.25) is 5.02 Å². The monoisotopic (exact) mass is 519 g/mol. The highest BCUT2D eigenvalue weighted by molar-refractivity contribution is 6.32. The molecule has 1 heterocycles. The number of fused-ring (bicyclic) bond motifs is 1. The van der Waals surface area contributed by atoms with E-state index in [2.05, 4.69) is 5.32 Å². The number of benzene rings is 3. The Morgan fingerprint density at radius 2 is 1.61 bits per heavy atom. The van der Waals surface area contributed by atoms with Gasteiger partial charge in [-0.3, -0.25) is 4.79 Å². The molecule has 0 radical (unpaired) electrons. The molecule has 192 valence electrons. The summed E-state index contributed by atoms with van der Waals surface area (Å²) in [7, 11) is 2.87. The average Bonchev–Trinajstić information content (AvgIpc) is 2.89. The van der Waals surface area contributed by atoms with Crippen LogP contribution in [0.1, 0.15) is 10.4 Å². The zero-order valence-corrected chi connectivity index (χ0v) is 20.2. The Balaban J connectivity index is 1.72. The minimum atomic E-state index is -1.65. The van der Waals surface area contributed by atoms with Crippen molar-refractivity contribution in [1.82, 2.24) is 0 Å². The number of methoxy groups -OCH3 is 2. The molecule has 0 aliphatic carbocycles. The molecule has 0 saturated carbocycles. The van der Waals surface area contributed by atoms with Gasteiger partial charge in [0, 0.05) is 12.1 Å². The van der Waals surface area contributed by atoms with Gasteiger partial charge in [0.05, 0.1) is 37.1 Å². The highest BCUT2D eigenvalue weighted by Gasteiger charge is 2.45. The maximum atomic E-state index is 13.4. The van der Waals surface area contributed by atoms with Gasteiger partial charge in [0.25, 0.3) is 5.91 Å². The molecule has 5 atom stereocenters. The first kappa shape index (κ1) is 26.0. The second-order valence-electron chi connectivity index (χ2n) is 8.15. The number of halogens is 1. The molecule has 1 saturated heterocycles. The summed E-state index contributed by atoms with van der Waals surface area (Å²) in [6.45, 7) is -0.617. The van der Waals surface area contributed by atoms with Crippen LogP contribution in [-0.4, -0.2) is 77.9 Å². The topological polar surface area (TPSA) is 147 Å². The minimum absolute atomic E-state index is 0.0374. The van der Waals surface area contributed by atoms with Crippen molar-refractivity contribution >= 4 is 34.0 Å². The highest BCUT2D eigenvalue weighted by atomic mass is 35.5. The molecule has 3 aromatic carbocycles. The third-order valence-corrected chi connectivity index (χ3v) is 6.20. The van der Waals surface area contributed by atoms with Crippen molar-refractivity contribution in [2.75, 3.05) is 26.1 Å². The molecule has 10 nitrogen and oxygen atoms in total. The molecule has 1 aliphatic rings. The molecular formula is C25H26ClNO9. The molecule has 0 bridgehead atoms. The molecular weight excluding hydrogens is 494 g/mol. The van der Waals surface area contributed by atoms with Crippen molar-refractivity contribution in [2.45, 2.75) is 30.7 Å². The van der Waals surface area contributed by atoms with Gasteiger partial charge in [0.15, 0.2) is 0 Å². The maximum absolute atomic E-state index is 13.4. The quantitative estimate of drug-likeness (QED) is 0.316. The Labute approximate surface area is 211 Å². The lowest BCUT2D eigenvalue weighted by Gasteiger charge is -2.39. The third-order valence-electron chi connectivity index (χ3n) is 5.91. The molecule has 0 spiro atoms. The summed E-state index contributed by atoms with van der Waals surface area (Å²) in [5.74, 6) is 0.0776. The number of aliphatic hydroxyl groups excluding tert-OH is 4. The van der Waals surface area contributed by atoms with Gasteiger partial charge in [0.2, 0.25) is 6.29 Å². The lowest BCUT2D eigenvalue weighted by molar-refractivity contribution is -0.277. The molecule has 4 rings (SSSR count). The van der Waals surface area contributed by atoms with Gasteiger partial charge < -0.3 is 44.7 Å². The van der Waals surface area contributed by atoms with E-state index in [9.17, 15) is 25.2 Å². The summed E-state index contributed by atoms with van der Waals surface area (Å²) >= 11 is 6.16. The molecule has 11 heteroatoms. The first-order valence-corrected chi connectivity index (χ1v) is 11.4. The van der Waals surface area contributed by atoms with Gasteiger partial charge in [-0.2, -0.15) is 0 Å². The zero-order valence-electron chi connectivity index (χ0n) is 19.4. The van der Waals surface area contributed by atoms with Crippen molar-refractivity contribution < 1.29 is 44.2 Å². The van der Waals surface area contributed by atoms with Crippen LogP contribution in [0.15, 0.2) is 48.5 Å². The number of amides is 1. The fraction of sp³-hybridized carbons (Fsp3) is 0.320. The van der Waals surface area contributed by atoms with Crippen molar-refractivity contribution in [3.63, 3.8) is 0 Å². The van der Waals surface area contributed by atoms with Crippen molar-refractivity contribution in [1.29, 1.82) is 0 Å². The number of rotatable bonds is 7. The zero-order chi connectivity index (χ0) is 26.0. The van der Waals surface area contributed by atoms with E-state index < -0.39 is 43.2 Å². The first-order chi connectivity index (χ1) is 17.3. The van der Waals surface area contributed by atoms with E-state index >= 15 is 0 Å². The third kappa shape index (κ3) is 5.05. The average molecular weight is 520 g/mol. The molecule has 0 aromatic heterocycles. The van der Waals surface area contributed by atoms with Gasteiger partial charge in [0.1, 0.15) is 41.7 Å². The van der Waals surface area contributed by atoms with Crippen molar-refractivity contribution in [2.24, 2.45) is 0 Å². The number of aliphatic hydroxyl groups is 4. The normalized spacial score (nSPS) is 23.8. The number of ether oxygens (including phenoxy) is 4. The summed E-state index contributed by atoms with van der Waals surface area (Å²) in [5.41, 5.74) is 0.373. The van der Waals surface area contributed by atoms with Gasteiger partial charge in [-0.1, -0.05) is 35.9 Å². The van der Waals surface area contributed by atoms with Gasteiger partial charge in [-0.25, -0.2) is 0 Å². The molecule has 5 N–H and O–H groups in total. The number of nitrogens with one attached hydrogen (secondary N) is 1. The standard InChI is InChI=1S/C25H26ClNO9/c1-33-18-10-16(19(34-2)9-15(18)26)27-24(32)14-7-12-5-3-4-6-13(12)8-17(14)35-25-23(31)22(30)21(29)20(11-28)36-25/h3-10,20-23,25,28-31H,11H2,1-2H3,(H,27,32)/t20-,21+,22+,23-,25-/m1/s1. The molecule has 36 heavy (non-hydrogen) atoms. The van der Waals surface area contributed by atoms with Gasteiger partial charge >= 0.3 is 0 Å². The van der Waals surface area contributed by atoms with E-state index in [-0.39, 0.29) is 17.0 Å². The predicted molar refractivity (Wildman–Crippen MR) is 131 cm³/mol. The Hall–Kier alpha value is -3.12. The van der Waals surface area contributed by atoms with E-state index in [4.69, 9.17) is 30.5 Å². The van der Waals surface area contributed by atoms with Crippen LogP contribution in [0.5, 0.6) is 17.2 Å².